The molecule has 1 heterocycles. The molecule has 0 aliphatic heterocycles. The minimum atomic E-state index is 0.175. The van der Waals surface area contributed by atoms with E-state index in [4.69, 9.17) is 23.2 Å². The lowest BCUT2D eigenvalue weighted by Crippen LogP contribution is -2.23. The highest BCUT2D eigenvalue weighted by Gasteiger charge is 2.19. The van der Waals surface area contributed by atoms with Gasteiger partial charge in [0.15, 0.2) is 0 Å². The van der Waals surface area contributed by atoms with E-state index in [0.717, 1.165) is 26.1 Å². The van der Waals surface area contributed by atoms with Gasteiger partial charge in [0, 0.05) is 16.1 Å². The maximum atomic E-state index is 6.28. The van der Waals surface area contributed by atoms with E-state index in [-0.39, 0.29) is 6.04 Å². The van der Waals surface area contributed by atoms with Gasteiger partial charge >= 0.3 is 0 Å². The third-order valence-corrected chi connectivity index (χ3v) is 6.07. The Hall–Kier alpha value is 0.420. The Labute approximate surface area is 149 Å². The topological polar surface area (TPSA) is 12.0 Å². The first-order valence-corrected chi connectivity index (χ1v) is 9.29. The summed E-state index contributed by atoms with van der Waals surface area (Å²) in [4.78, 5) is 0. The summed E-state index contributed by atoms with van der Waals surface area (Å²) in [5, 5.41) is 4.92. The molecule has 0 aliphatic rings. The summed E-state index contributed by atoms with van der Waals surface area (Å²) < 4.78 is 2.23. The lowest BCUT2D eigenvalue weighted by molar-refractivity contribution is 0.550. The van der Waals surface area contributed by atoms with E-state index in [1.807, 2.05) is 18.2 Å². The van der Waals surface area contributed by atoms with Gasteiger partial charge in [-0.25, -0.2) is 0 Å². The van der Waals surface area contributed by atoms with E-state index in [0.29, 0.717) is 10.0 Å². The fourth-order valence-corrected chi connectivity index (χ4v) is 5.59. The monoisotopic (exact) mass is 455 g/mol. The Morgan fingerprint density at radius 1 is 1.25 bits per heavy atom. The first-order valence-electron chi connectivity index (χ1n) is 6.14. The standard InChI is InChI=1S/C14H13Br2Cl2NS/c1-2-19-12(9-7-13(15)20-14(9)16)6-8-10(17)4-3-5-11(8)18/h3-5,7,12,19H,2,6H2,1H3. The Bertz CT molecular complexity index is 581. The molecule has 0 spiro atoms. The number of hydrogen-bond acceptors (Lipinski definition) is 2. The fraction of sp³-hybridized carbons (Fsp3) is 0.286. The number of benzene rings is 1. The van der Waals surface area contributed by atoms with Crippen LogP contribution in [0.1, 0.15) is 24.1 Å². The second-order valence-corrected chi connectivity index (χ2v) is 8.86. The number of hydrogen-bond donors (Lipinski definition) is 1. The van der Waals surface area contributed by atoms with Gasteiger partial charge in [-0.2, -0.15) is 0 Å². The Morgan fingerprint density at radius 3 is 2.40 bits per heavy atom. The maximum Gasteiger partial charge on any atom is 0.0758 e. The number of nitrogens with one attached hydrogen (secondary N) is 1. The van der Waals surface area contributed by atoms with Crippen molar-refractivity contribution >= 4 is 66.4 Å². The van der Waals surface area contributed by atoms with E-state index in [9.17, 15) is 0 Å². The zero-order chi connectivity index (χ0) is 14.7. The minimum absolute atomic E-state index is 0.175. The van der Waals surface area contributed by atoms with Gasteiger partial charge in [0.05, 0.1) is 7.57 Å². The predicted octanol–water partition coefficient (Wildman–Crippen LogP) is 6.47. The molecule has 108 valence electrons. The van der Waals surface area contributed by atoms with Crippen molar-refractivity contribution in [2.45, 2.75) is 19.4 Å². The molecule has 0 amide bonds. The molecule has 0 radical (unpaired) electrons. The van der Waals surface area contributed by atoms with Crippen LogP contribution in [-0.2, 0) is 6.42 Å². The molecule has 0 fully saturated rings. The predicted molar refractivity (Wildman–Crippen MR) is 96.3 cm³/mol. The van der Waals surface area contributed by atoms with Crippen molar-refractivity contribution in [1.82, 2.24) is 5.32 Å². The highest BCUT2D eigenvalue weighted by molar-refractivity contribution is 9.12. The van der Waals surface area contributed by atoms with E-state index < -0.39 is 0 Å². The molecule has 2 rings (SSSR count). The van der Waals surface area contributed by atoms with Crippen LogP contribution < -0.4 is 5.32 Å². The van der Waals surface area contributed by atoms with Crippen LogP contribution in [0.25, 0.3) is 0 Å². The summed E-state index contributed by atoms with van der Waals surface area (Å²) in [7, 11) is 0. The second-order valence-electron chi connectivity index (χ2n) is 4.29. The van der Waals surface area contributed by atoms with Crippen molar-refractivity contribution in [1.29, 1.82) is 0 Å². The molecule has 1 aromatic heterocycles. The van der Waals surface area contributed by atoms with Crippen LogP contribution in [0.15, 0.2) is 31.8 Å². The van der Waals surface area contributed by atoms with Crippen molar-refractivity contribution in [3.8, 4) is 0 Å². The normalized spacial score (nSPS) is 12.7. The number of halogens is 4. The van der Waals surface area contributed by atoms with Crippen molar-refractivity contribution in [2.24, 2.45) is 0 Å². The van der Waals surface area contributed by atoms with Crippen LogP contribution in [0, 0.1) is 0 Å². The molecule has 0 saturated heterocycles. The second kappa shape index (κ2) is 7.61. The van der Waals surface area contributed by atoms with Gasteiger partial charge in [0.1, 0.15) is 0 Å². The van der Waals surface area contributed by atoms with E-state index in [2.05, 4.69) is 50.2 Å². The number of likely N-dealkylation sites (N-methyl/N-ethyl adjacent to an activating group) is 1. The molecular formula is C14H13Br2Cl2NS. The van der Waals surface area contributed by atoms with Crippen LogP contribution >= 0.6 is 66.4 Å². The average molecular weight is 458 g/mol. The first kappa shape index (κ1) is 16.8. The molecule has 20 heavy (non-hydrogen) atoms. The molecule has 1 atom stereocenters. The lowest BCUT2D eigenvalue weighted by Gasteiger charge is -2.19. The Balaban J connectivity index is 2.33. The van der Waals surface area contributed by atoms with Crippen LogP contribution in [0.3, 0.4) is 0 Å². The van der Waals surface area contributed by atoms with Gasteiger partial charge in [-0.1, -0.05) is 36.2 Å². The van der Waals surface area contributed by atoms with Crippen LogP contribution in [0.2, 0.25) is 10.0 Å². The molecule has 0 bridgehead atoms. The van der Waals surface area contributed by atoms with Gasteiger partial charge in [0.2, 0.25) is 0 Å². The SMILES string of the molecule is CCNC(Cc1c(Cl)cccc1Cl)c1cc(Br)sc1Br. The smallest absolute Gasteiger partial charge is 0.0758 e. The zero-order valence-electron chi connectivity index (χ0n) is 10.7. The summed E-state index contributed by atoms with van der Waals surface area (Å²) in [5.74, 6) is 0. The third kappa shape index (κ3) is 3.99. The Morgan fingerprint density at radius 2 is 1.90 bits per heavy atom. The molecule has 1 aromatic carbocycles. The summed E-state index contributed by atoms with van der Waals surface area (Å²) in [5.41, 5.74) is 2.20. The number of thiophene rings is 1. The van der Waals surface area contributed by atoms with Gasteiger partial charge in [-0.3, -0.25) is 0 Å². The van der Waals surface area contributed by atoms with Crippen molar-refractivity contribution < 1.29 is 0 Å². The molecule has 2 aromatic rings. The van der Waals surface area contributed by atoms with Crippen LogP contribution in [0.5, 0.6) is 0 Å². The minimum Gasteiger partial charge on any atom is -0.310 e. The highest BCUT2D eigenvalue weighted by Crippen LogP contribution is 2.38. The lowest BCUT2D eigenvalue weighted by atomic mass is 10.0. The highest BCUT2D eigenvalue weighted by atomic mass is 79.9. The van der Waals surface area contributed by atoms with E-state index in [1.54, 1.807) is 11.3 Å². The van der Waals surface area contributed by atoms with Crippen molar-refractivity contribution in [3.63, 3.8) is 0 Å². The quantitative estimate of drug-likeness (QED) is 0.542. The van der Waals surface area contributed by atoms with Crippen LogP contribution in [0.4, 0.5) is 0 Å². The average Bonchev–Trinajstić information content (AvgIpc) is 2.72. The molecule has 6 heteroatoms. The Kier molecular flexibility index (Phi) is 6.39. The zero-order valence-corrected chi connectivity index (χ0v) is 16.2. The van der Waals surface area contributed by atoms with Gasteiger partial charge in [-0.05, 0) is 74.2 Å². The van der Waals surface area contributed by atoms with Gasteiger partial charge in [0.25, 0.3) is 0 Å². The fourth-order valence-electron chi connectivity index (χ4n) is 2.06. The van der Waals surface area contributed by atoms with E-state index >= 15 is 0 Å². The van der Waals surface area contributed by atoms with Crippen LogP contribution in [-0.4, -0.2) is 6.54 Å². The number of rotatable bonds is 5. The molecule has 1 unspecified atom stereocenters. The first-order chi connectivity index (χ1) is 9.52. The molecule has 0 saturated carbocycles. The van der Waals surface area contributed by atoms with Gasteiger partial charge in [-0.15, -0.1) is 11.3 Å². The summed E-state index contributed by atoms with van der Waals surface area (Å²) in [6, 6.07) is 7.93. The third-order valence-electron chi connectivity index (χ3n) is 2.98. The molecular weight excluding hydrogens is 445 g/mol. The molecule has 1 N–H and O–H groups in total. The summed E-state index contributed by atoms with van der Waals surface area (Å²) in [6.07, 6.45) is 0.758. The largest absolute Gasteiger partial charge is 0.310 e. The molecule has 0 aliphatic carbocycles. The molecule has 1 nitrogen and oxygen atoms in total. The van der Waals surface area contributed by atoms with Crippen molar-refractivity contribution in [2.75, 3.05) is 6.54 Å². The van der Waals surface area contributed by atoms with E-state index in [1.165, 1.54) is 5.56 Å². The summed E-state index contributed by atoms with van der Waals surface area (Å²) in [6.45, 7) is 2.98. The van der Waals surface area contributed by atoms with Crippen molar-refractivity contribution in [3.05, 3.63) is 53.0 Å². The maximum absolute atomic E-state index is 6.28. The van der Waals surface area contributed by atoms with Gasteiger partial charge < -0.3 is 5.32 Å². The summed E-state index contributed by atoms with van der Waals surface area (Å²) >= 11 is 21.4.